The van der Waals surface area contributed by atoms with Crippen molar-refractivity contribution in [3.05, 3.63) is 41.6 Å². The average Bonchev–Trinajstić information content (AvgIpc) is 2.69. The van der Waals surface area contributed by atoms with E-state index in [0.717, 1.165) is 49.6 Å². The third-order valence-corrected chi connectivity index (χ3v) is 3.72. The molecule has 1 aromatic carbocycles. The smallest absolute Gasteiger partial charge is 0.155 e. The summed E-state index contributed by atoms with van der Waals surface area (Å²) in [5, 5.41) is 4.56. The van der Waals surface area contributed by atoms with E-state index in [2.05, 4.69) is 10.00 Å². The van der Waals surface area contributed by atoms with Crippen LogP contribution in [-0.2, 0) is 4.74 Å². The van der Waals surface area contributed by atoms with Crippen molar-refractivity contribution in [3.63, 3.8) is 0 Å². The molecule has 21 heavy (non-hydrogen) atoms. The summed E-state index contributed by atoms with van der Waals surface area (Å²) in [4.78, 5) is 13.7. The zero-order valence-electron chi connectivity index (χ0n) is 12.2. The maximum atomic E-state index is 11.5. The Morgan fingerprint density at radius 3 is 2.76 bits per heavy atom. The molecule has 0 atom stereocenters. The van der Waals surface area contributed by atoms with Gasteiger partial charge in [-0.1, -0.05) is 18.2 Å². The molecule has 1 aliphatic heterocycles. The number of nitrogens with zero attached hydrogens (tertiary/aromatic N) is 3. The lowest BCUT2D eigenvalue weighted by molar-refractivity contribution is 0.112. The van der Waals surface area contributed by atoms with E-state index in [9.17, 15) is 4.79 Å². The number of aldehydes is 1. The van der Waals surface area contributed by atoms with Crippen molar-refractivity contribution in [1.29, 1.82) is 0 Å². The number of hydrogen-bond donors (Lipinski definition) is 0. The monoisotopic (exact) mass is 285 g/mol. The van der Waals surface area contributed by atoms with E-state index in [1.165, 1.54) is 0 Å². The first-order valence-electron chi connectivity index (χ1n) is 7.24. The molecule has 5 heteroatoms. The molecule has 0 spiro atoms. The van der Waals surface area contributed by atoms with Crippen molar-refractivity contribution in [1.82, 2.24) is 9.78 Å². The Morgan fingerprint density at radius 2 is 2.00 bits per heavy atom. The van der Waals surface area contributed by atoms with E-state index < -0.39 is 0 Å². The van der Waals surface area contributed by atoms with Crippen molar-refractivity contribution in [2.45, 2.75) is 13.3 Å². The summed E-state index contributed by atoms with van der Waals surface area (Å²) >= 11 is 0. The molecule has 0 unspecified atom stereocenters. The molecule has 5 nitrogen and oxygen atoms in total. The Balaban J connectivity index is 2.10. The molecule has 1 aromatic heterocycles. The molecule has 0 aliphatic carbocycles. The second-order valence-corrected chi connectivity index (χ2v) is 5.14. The SMILES string of the molecule is Cc1nn(-c2ccccc2)c(N2CCCOCC2)c1C=O. The van der Waals surface area contributed by atoms with Crippen LogP contribution >= 0.6 is 0 Å². The van der Waals surface area contributed by atoms with Gasteiger partial charge in [-0.2, -0.15) is 5.10 Å². The molecule has 0 bridgehead atoms. The first kappa shape index (κ1) is 13.8. The lowest BCUT2D eigenvalue weighted by atomic mass is 10.2. The fraction of sp³-hybridized carbons (Fsp3) is 0.375. The Labute approximate surface area is 124 Å². The van der Waals surface area contributed by atoms with Gasteiger partial charge in [-0.3, -0.25) is 4.79 Å². The first-order chi connectivity index (χ1) is 10.3. The molecule has 0 N–H and O–H groups in total. The predicted octanol–water partition coefficient (Wildman–Crippen LogP) is 2.22. The van der Waals surface area contributed by atoms with Crippen molar-refractivity contribution < 1.29 is 9.53 Å². The average molecular weight is 285 g/mol. The van der Waals surface area contributed by atoms with Gasteiger partial charge in [-0.25, -0.2) is 4.68 Å². The highest BCUT2D eigenvalue weighted by Crippen LogP contribution is 2.26. The predicted molar refractivity (Wildman–Crippen MR) is 81.3 cm³/mol. The van der Waals surface area contributed by atoms with Gasteiger partial charge >= 0.3 is 0 Å². The van der Waals surface area contributed by atoms with Gasteiger partial charge in [0, 0.05) is 19.7 Å². The van der Waals surface area contributed by atoms with Gasteiger partial charge in [0.2, 0.25) is 0 Å². The number of benzene rings is 1. The zero-order chi connectivity index (χ0) is 14.7. The van der Waals surface area contributed by atoms with E-state index in [0.29, 0.717) is 12.2 Å². The van der Waals surface area contributed by atoms with Crippen LogP contribution in [0.5, 0.6) is 0 Å². The van der Waals surface area contributed by atoms with Crippen molar-refractivity contribution in [3.8, 4) is 5.69 Å². The van der Waals surface area contributed by atoms with Gasteiger partial charge in [0.05, 0.1) is 23.6 Å². The number of carbonyl (C=O) groups excluding carboxylic acids is 1. The van der Waals surface area contributed by atoms with Crippen LogP contribution in [0.15, 0.2) is 30.3 Å². The summed E-state index contributed by atoms with van der Waals surface area (Å²) in [7, 11) is 0. The molecule has 3 rings (SSSR count). The number of aryl methyl sites for hydroxylation is 1. The van der Waals surface area contributed by atoms with Crippen LogP contribution in [0.25, 0.3) is 5.69 Å². The third kappa shape index (κ3) is 2.69. The number of aromatic nitrogens is 2. The summed E-state index contributed by atoms with van der Waals surface area (Å²) in [6.45, 7) is 4.97. The summed E-state index contributed by atoms with van der Waals surface area (Å²) in [6.07, 6.45) is 1.86. The fourth-order valence-electron chi connectivity index (χ4n) is 2.68. The quantitative estimate of drug-likeness (QED) is 0.811. The van der Waals surface area contributed by atoms with E-state index >= 15 is 0 Å². The molecule has 2 heterocycles. The molecule has 1 fully saturated rings. The second kappa shape index (κ2) is 6.10. The number of anilines is 1. The standard InChI is InChI=1S/C16H19N3O2/c1-13-15(12-20)16(18-8-5-10-21-11-9-18)19(17-13)14-6-3-2-4-7-14/h2-4,6-7,12H,5,8-11H2,1H3. The maximum absolute atomic E-state index is 11.5. The van der Waals surface area contributed by atoms with Gasteiger partial charge in [0.15, 0.2) is 6.29 Å². The van der Waals surface area contributed by atoms with Crippen LogP contribution in [0.2, 0.25) is 0 Å². The van der Waals surface area contributed by atoms with Gasteiger partial charge in [-0.15, -0.1) is 0 Å². The zero-order valence-corrected chi connectivity index (χ0v) is 12.2. The fourth-order valence-corrected chi connectivity index (χ4v) is 2.68. The van der Waals surface area contributed by atoms with Crippen molar-refractivity contribution >= 4 is 12.1 Å². The second-order valence-electron chi connectivity index (χ2n) is 5.14. The van der Waals surface area contributed by atoms with Gasteiger partial charge in [-0.05, 0) is 25.5 Å². The van der Waals surface area contributed by atoms with Crippen LogP contribution < -0.4 is 4.90 Å². The highest BCUT2D eigenvalue weighted by Gasteiger charge is 2.22. The number of ether oxygens (including phenoxy) is 1. The lowest BCUT2D eigenvalue weighted by Gasteiger charge is -2.23. The molecule has 1 aliphatic rings. The molecular formula is C16H19N3O2. The summed E-state index contributed by atoms with van der Waals surface area (Å²) in [5.74, 6) is 0.874. The van der Waals surface area contributed by atoms with Crippen LogP contribution in [-0.4, -0.2) is 42.4 Å². The largest absolute Gasteiger partial charge is 0.380 e. The summed E-state index contributed by atoms with van der Waals surface area (Å²) in [6, 6.07) is 9.92. The van der Waals surface area contributed by atoms with Crippen LogP contribution in [0, 0.1) is 6.92 Å². The molecule has 110 valence electrons. The first-order valence-corrected chi connectivity index (χ1v) is 7.24. The minimum atomic E-state index is 0.667. The number of rotatable bonds is 3. The number of carbonyl (C=O) groups is 1. The van der Waals surface area contributed by atoms with E-state index in [4.69, 9.17) is 4.74 Å². The van der Waals surface area contributed by atoms with Gasteiger partial charge < -0.3 is 9.64 Å². The van der Waals surface area contributed by atoms with Gasteiger partial charge in [0.25, 0.3) is 0 Å². The molecule has 0 saturated carbocycles. The molecule has 0 radical (unpaired) electrons. The van der Waals surface area contributed by atoms with E-state index in [1.54, 1.807) is 0 Å². The minimum Gasteiger partial charge on any atom is -0.380 e. The number of para-hydroxylation sites is 1. The normalized spacial score (nSPS) is 15.8. The van der Waals surface area contributed by atoms with Crippen LogP contribution in [0.1, 0.15) is 22.5 Å². The lowest BCUT2D eigenvalue weighted by Crippen LogP contribution is -2.29. The third-order valence-electron chi connectivity index (χ3n) is 3.72. The Kier molecular flexibility index (Phi) is 4.01. The molecular weight excluding hydrogens is 266 g/mol. The highest BCUT2D eigenvalue weighted by molar-refractivity contribution is 5.85. The summed E-state index contributed by atoms with van der Waals surface area (Å²) in [5.41, 5.74) is 2.39. The topological polar surface area (TPSA) is 47.4 Å². The minimum absolute atomic E-state index is 0.667. The summed E-state index contributed by atoms with van der Waals surface area (Å²) < 4.78 is 7.38. The Bertz CT molecular complexity index is 614. The highest BCUT2D eigenvalue weighted by atomic mass is 16.5. The molecule has 2 aromatic rings. The van der Waals surface area contributed by atoms with E-state index in [1.807, 2.05) is 41.9 Å². The van der Waals surface area contributed by atoms with Crippen LogP contribution in [0.3, 0.4) is 0 Å². The Hall–Kier alpha value is -2.14. The Morgan fingerprint density at radius 1 is 1.19 bits per heavy atom. The molecule has 0 amide bonds. The van der Waals surface area contributed by atoms with E-state index in [-0.39, 0.29) is 0 Å². The molecule has 1 saturated heterocycles. The van der Waals surface area contributed by atoms with Crippen LogP contribution in [0.4, 0.5) is 5.82 Å². The number of hydrogen-bond acceptors (Lipinski definition) is 4. The van der Waals surface area contributed by atoms with Crippen molar-refractivity contribution in [2.75, 3.05) is 31.2 Å². The maximum Gasteiger partial charge on any atom is 0.155 e. The van der Waals surface area contributed by atoms with Crippen molar-refractivity contribution in [2.24, 2.45) is 0 Å². The van der Waals surface area contributed by atoms with Gasteiger partial charge in [0.1, 0.15) is 5.82 Å².